The Hall–Kier alpha value is -2.28. The maximum Gasteiger partial charge on any atom is 0.174 e. The Morgan fingerprint density at radius 2 is 1.27 bits per heavy atom. The van der Waals surface area contributed by atoms with Gasteiger partial charge in [-0.3, -0.25) is 0 Å². The van der Waals surface area contributed by atoms with Gasteiger partial charge in [-0.15, -0.1) is 0 Å². The Morgan fingerprint density at radius 3 is 1.88 bits per heavy atom. The summed E-state index contributed by atoms with van der Waals surface area (Å²) in [6.07, 6.45) is 3.70. The van der Waals surface area contributed by atoms with Crippen LogP contribution in [0, 0.1) is 48.0 Å². The lowest BCUT2D eigenvalue weighted by Crippen LogP contribution is -2.13. The molecule has 0 N–H and O–H groups in total. The highest BCUT2D eigenvalue weighted by Crippen LogP contribution is 2.37. The minimum atomic E-state index is -1.08. The second-order valence-electron chi connectivity index (χ2n) is 7.10. The van der Waals surface area contributed by atoms with Gasteiger partial charge in [0.05, 0.1) is 11.1 Å². The Morgan fingerprint density at radius 1 is 0.731 bits per heavy atom. The van der Waals surface area contributed by atoms with Crippen molar-refractivity contribution in [2.45, 2.75) is 45.4 Å². The summed E-state index contributed by atoms with van der Waals surface area (Å²) in [5.74, 6) is 1.49. The number of hydrogen-bond acceptors (Lipinski definition) is 0. The highest BCUT2D eigenvalue weighted by atomic mass is 19.2. The van der Waals surface area contributed by atoms with Gasteiger partial charge >= 0.3 is 0 Å². The summed E-state index contributed by atoms with van der Waals surface area (Å²) in [5, 5.41) is 0. The Kier molecular flexibility index (Phi) is 5.36. The van der Waals surface area contributed by atoms with Crippen molar-refractivity contribution in [1.29, 1.82) is 0 Å². The molecule has 136 valence electrons. The first-order valence-electron chi connectivity index (χ1n) is 8.83. The van der Waals surface area contributed by atoms with Gasteiger partial charge in [-0.2, -0.15) is 0 Å². The third-order valence-electron chi connectivity index (χ3n) is 5.18. The zero-order valence-electron chi connectivity index (χ0n) is 14.8. The van der Waals surface area contributed by atoms with E-state index in [0.29, 0.717) is 11.5 Å². The average molecular weight is 360 g/mol. The fraction of sp³-hybridized carbons (Fsp3) is 0.364. The van der Waals surface area contributed by atoms with Crippen LogP contribution in [0.2, 0.25) is 0 Å². The van der Waals surface area contributed by atoms with Crippen LogP contribution < -0.4 is 0 Å². The largest absolute Gasteiger partial charge is 0.203 e. The molecule has 1 aliphatic carbocycles. The number of halogens is 4. The van der Waals surface area contributed by atoms with Crippen LogP contribution in [0.3, 0.4) is 0 Å². The molecule has 0 amide bonds. The second kappa shape index (κ2) is 7.53. The van der Waals surface area contributed by atoms with Gasteiger partial charge in [-0.05, 0) is 54.9 Å². The van der Waals surface area contributed by atoms with Crippen LogP contribution in [0.4, 0.5) is 17.6 Å². The lowest BCUT2D eigenvalue weighted by atomic mass is 9.79. The molecule has 2 aromatic rings. The molecule has 1 saturated carbocycles. The van der Waals surface area contributed by atoms with Crippen molar-refractivity contribution < 1.29 is 17.6 Å². The molecule has 1 aliphatic rings. The Balaban J connectivity index is 1.89. The highest BCUT2D eigenvalue weighted by Gasteiger charge is 2.24. The van der Waals surface area contributed by atoms with Gasteiger partial charge in [0.25, 0.3) is 0 Å². The summed E-state index contributed by atoms with van der Waals surface area (Å²) in [4.78, 5) is 0. The topological polar surface area (TPSA) is 0 Å². The molecule has 0 nitrogen and oxygen atoms in total. The first kappa shape index (κ1) is 18.5. The molecule has 0 spiro atoms. The second-order valence-corrected chi connectivity index (χ2v) is 7.10. The summed E-state index contributed by atoms with van der Waals surface area (Å²) < 4.78 is 56.3. The molecule has 0 aliphatic heterocycles. The summed E-state index contributed by atoms with van der Waals surface area (Å²) in [6.45, 7) is 3.61. The van der Waals surface area contributed by atoms with Gasteiger partial charge in [0.2, 0.25) is 0 Å². The number of benzene rings is 2. The molecular formula is C22H20F4. The van der Waals surface area contributed by atoms with Gasteiger partial charge in [-0.1, -0.05) is 43.7 Å². The molecule has 0 bridgehead atoms. The normalized spacial score (nSPS) is 19.8. The molecule has 0 heterocycles. The monoisotopic (exact) mass is 360 g/mol. The van der Waals surface area contributed by atoms with Gasteiger partial charge in [-0.25, -0.2) is 17.6 Å². The summed E-state index contributed by atoms with van der Waals surface area (Å²) in [5.41, 5.74) is 0.206. The van der Waals surface area contributed by atoms with Crippen molar-refractivity contribution >= 4 is 0 Å². The van der Waals surface area contributed by atoms with E-state index < -0.39 is 23.3 Å². The van der Waals surface area contributed by atoms with Crippen LogP contribution in [0.25, 0.3) is 0 Å². The molecule has 0 atom stereocenters. The highest BCUT2D eigenvalue weighted by molar-refractivity contribution is 5.46. The maximum absolute atomic E-state index is 14.5. The van der Waals surface area contributed by atoms with E-state index in [1.165, 1.54) is 25.1 Å². The lowest BCUT2D eigenvalue weighted by molar-refractivity contribution is 0.339. The Labute approximate surface area is 151 Å². The summed E-state index contributed by atoms with van der Waals surface area (Å²) >= 11 is 0. The van der Waals surface area contributed by atoms with E-state index in [4.69, 9.17) is 0 Å². The lowest BCUT2D eigenvalue weighted by Gasteiger charge is -2.26. The predicted molar refractivity (Wildman–Crippen MR) is 93.8 cm³/mol. The minimum absolute atomic E-state index is 0.0198. The first-order chi connectivity index (χ1) is 12.4. The van der Waals surface area contributed by atoms with Gasteiger partial charge in [0.1, 0.15) is 0 Å². The smallest absolute Gasteiger partial charge is 0.174 e. The fourth-order valence-electron chi connectivity index (χ4n) is 3.42. The molecule has 2 aromatic carbocycles. The Bertz CT molecular complexity index is 881. The molecule has 0 radical (unpaired) electrons. The van der Waals surface area contributed by atoms with Crippen molar-refractivity contribution in [2.75, 3.05) is 0 Å². The SMILES string of the molecule is Cc1ccc(C#Cc2ccc(C3CCC(C)CC3)c(F)c2F)c(F)c1F. The third kappa shape index (κ3) is 3.62. The molecule has 0 unspecified atom stereocenters. The van der Waals surface area contributed by atoms with E-state index >= 15 is 0 Å². The van der Waals surface area contributed by atoms with Crippen LogP contribution in [0.5, 0.6) is 0 Å². The van der Waals surface area contributed by atoms with Crippen molar-refractivity contribution in [2.24, 2.45) is 5.92 Å². The van der Waals surface area contributed by atoms with Gasteiger partial charge in [0, 0.05) is 0 Å². The van der Waals surface area contributed by atoms with Crippen LogP contribution in [0.1, 0.15) is 60.8 Å². The van der Waals surface area contributed by atoms with Crippen molar-refractivity contribution in [3.63, 3.8) is 0 Å². The van der Waals surface area contributed by atoms with Gasteiger partial charge < -0.3 is 0 Å². The molecule has 4 heteroatoms. The van der Waals surface area contributed by atoms with E-state index in [0.717, 1.165) is 25.7 Å². The first-order valence-corrected chi connectivity index (χ1v) is 8.83. The van der Waals surface area contributed by atoms with Crippen LogP contribution >= 0.6 is 0 Å². The summed E-state index contributed by atoms with van der Waals surface area (Å²) in [7, 11) is 0. The number of rotatable bonds is 1. The molecule has 26 heavy (non-hydrogen) atoms. The van der Waals surface area contributed by atoms with Crippen molar-refractivity contribution in [3.8, 4) is 11.8 Å². The van der Waals surface area contributed by atoms with E-state index in [1.807, 2.05) is 0 Å². The minimum Gasteiger partial charge on any atom is -0.203 e. The van der Waals surface area contributed by atoms with Crippen molar-refractivity contribution in [1.82, 2.24) is 0 Å². The molecular weight excluding hydrogens is 340 g/mol. The van der Waals surface area contributed by atoms with E-state index in [9.17, 15) is 17.6 Å². The fourth-order valence-corrected chi connectivity index (χ4v) is 3.42. The molecule has 0 saturated heterocycles. The summed E-state index contributed by atoms with van der Waals surface area (Å²) in [6, 6.07) is 5.70. The van der Waals surface area contributed by atoms with Gasteiger partial charge in [0.15, 0.2) is 23.3 Å². The number of hydrogen-bond donors (Lipinski definition) is 0. The zero-order valence-corrected chi connectivity index (χ0v) is 14.8. The number of aryl methyl sites for hydroxylation is 1. The zero-order chi connectivity index (χ0) is 18.8. The average Bonchev–Trinajstić information content (AvgIpc) is 2.63. The van der Waals surface area contributed by atoms with Crippen LogP contribution in [0.15, 0.2) is 24.3 Å². The van der Waals surface area contributed by atoms with E-state index in [2.05, 4.69) is 18.8 Å². The maximum atomic E-state index is 14.5. The predicted octanol–water partition coefficient (Wildman–Crippen LogP) is 6.24. The third-order valence-corrected chi connectivity index (χ3v) is 5.18. The molecule has 3 rings (SSSR count). The van der Waals surface area contributed by atoms with Crippen LogP contribution in [-0.4, -0.2) is 0 Å². The molecule has 1 fully saturated rings. The van der Waals surface area contributed by atoms with Crippen molar-refractivity contribution in [3.05, 3.63) is 69.8 Å². The van der Waals surface area contributed by atoms with E-state index in [1.54, 1.807) is 6.07 Å². The quantitative estimate of drug-likeness (QED) is 0.417. The van der Waals surface area contributed by atoms with Crippen LogP contribution in [-0.2, 0) is 0 Å². The van der Waals surface area contributed by atoms with E-state index in [-0.39, 0.29) is 22.6 Å². The standard InChI is InChI=1S/C22H20F4/c1-13-3-6-15(7-4-13)18-12-11-17(21(25)22(18)26)10-9-16-8-5-14(2)19(23)20(16)24/h5,8,11-13,15H,3-4,6-7H2,1-2H3. The molecule has 0 aromatic heterocycles.